The Bertz CT molecular complexity index is 606. The normalized spacial score (nSPS) is 10.4. The first-order valence-electron chi connectivity index (χ1n) is 5.37. The second-order valence-corrected chi connectivity index (χ2v) is 4.38. The summed E-state index contributed by atoms with van der Waals surface area (Å²) in [5.74, 6) is 4.69. The summed E-state index contributed by atoms with van der Waals surface area (Å²) in [4.78, 5) is 11.6. The van der Waals surface area contributed by atoms with Gasteiger partial charge >= 0.3 is 0 Å². The van der Waals surface area contributed by atoms with Crippen molar-refractivity contribution >= 4 is 17.5 Å². The van der Waals surface area contributed by atoms with Crippen LogP contribution in [0.4, 0.5) is 0 Å². The third-order valence-corrected chi connectivity index (χ3v) is 2.91. The van der Waals surface area contributed by atoms with Crippen LogP contribution in [0.2, 0.25) is 5.02 Å². The minimum absolute atomic E-state index is 0.323. The van der Waals surface area contributed by atoms with Gasteiger partial charge in [-0.05, 0) is 38.1 Å². The Morgan fingerprint density at radius 1 is 1.39 bits per heavy atom. The van der Waals surface area contributed by atoms with Gasteiger partial charge < -0.3 is 0 Å². The van der Waals surface area contributed by atoms with Gasteiger partial charge in [-0.3, -0.25) is 10.2 Å². The van der Waals surface area contributed by atoms with Gasteiger partial charge in [0.15, 0.2) is 0 Å². The molecule has 0 aliphatic carbocycles. The summed E-state index contributed by atoms with van der Waals surface area (Å²) in [5, 5.41) is 4.70. The lowest BCUT2D eigenvalue weighted by Gasteiger charge is -2.08. The van der Waals surface area contributed by atoms with Crippen LogP contribution >= 0.6 is 11.6 Å². The van der Waals surface area contributed by atoms with E-state index >= 15 is 0 Å². The van der Waals surface area contributed by atoms with E-state index in [0.717, 1.165) is 17.1 Å². The van der Waals surface area contributed by atoms with Gasteiger partial charge in [-0.25, -0.2) is 10.5 Å². The number of hydrogen-bond acceptors (Lipinski definition) is 3. The Morgan fingerprint density at radius 2 is 2.11 bits per heavy atom. The Hall–Kier alpha value is -1.85. The summed E-state index contributed by atoms with van der Waals surface area (Å²) >= 11 is 5.96. The number of rotatable bonds is 2. The van der Waals surface area contributed by atoms with E-state index in [1.165, 1.54) is 0 Å². The molecule has 0 unspecified atom stereocenters. The SMILES string of the molecule is Cc1cc(C)n(-c2ccc(Cl)c(C(=O)NN)c2)n1. The summed E-state index contributed by atoms with van der Waals surface area (Å²) in [6.07, 6.45) is 0. The van der Waals surface area contributed by atoms with Crippen molar-refractivity contribution < 1.29 is 4.79 Å². The summed E-state index contributed by atoms with van der Waals surface area (Å²) in [7, 11) is 0. The number of nitrogens with one attached hydrogen (secondary N) is 1. The van der Waals surface area contributed by atoms with E-state index in [0.29, 0.717) is 10.6 Å². The molecule has 0 aliphatic rings. The van der Waals surface area contributed by atoms with Crippen LogP contribution in [0.25, 0.3) is 5.69 Å². The van der Waals surface area contributed by atoms with E-state index in [9.17, 15) is 4.79 Å². The van der Waals surface area contributed by atoms with Crippen LogP contribution in [0.1, 0.15) is 21.7 Å². The Kier molecular flexibility index (Phi) is 3.36. The highest BCUT2D eigenvalue weighted by Gasteiger charge is 2.12. The van der Waals surface area contributed by atoms with Crippen molar-refractivity contribution in [3.8, 4) is 5.69 Å². The number of hydrogen-bond donors (Lipinski definition) is 2. The zero-order valence-electron chi connectivity index (χ0n) is 10.1. The smallest absolute Gasteiger partial charge is 0.266 e. The Morgan fingerprint density at radius 3 is 2.67 bits per heavy atom. The largest absolute Gasteiger partial charge is 0.290 e. The Labute approximate surface area is 110 Å². The van der Waals surface area contributed by atoms with Crippen molar-refractivity contribution in [1.29, 1.82) is 0 Å². The van der Waals surface area contributed by atoms with E-state index in [2.05, 4.69) is 10.5 Å². The van der Waals surface area contributed by atoms with E-state index in [1.54, 1.807) is 22.9 Å². The monoisotopic (exact) mass is 264 g/mol. The van der Waals surface area contributed by atoms with E-state index < -0.39 is 5.91 Å². The average molecular weight is 265 g/mol. The van der Waals surface area contributed by atoms with Crippen molar-refractivity contribution in [1.82, 2.24) is 15.2 Å². The molecule has 1 aromatic carbocycles. The molecule has 0 spiro atoms. The van der Waals surface area contributed by atoms with Gasteiger partial charge in [-0.2, -0.15) is 5.10 Å². The summed E-state index contributed by atoms with van der Waals surface area (Å²) in [6, 6.07) is 7.06. The zero-order chi connectivity index (χ0) is 13.3. The minimum Gasteiger partial charge on any atom is -0.290 e. The molecule has 0 radical (unpaired) electrons. The van der Waals surface area contributed by atoms with Gasteiger partial charge in [0.1, 0.15) is 0 Å². The number of amides is 1. The predicted molar refractivity (Wildman–Crippen MR) is 69.7 cm³/mol. The highest BCUT2D eigenvalue weighted by Crippen LogP contribution is 2.20. The molecular weight excluding hydrogens is 252 g/mol. The van der Waals surface area contributed by atoms with E-state index in [4.69, 9.17) is 17.4 Å². The van der Waals surface area contributed by atoms with Crippen LogP contribution in [0, 0.1) is 13.8 Å². The summed E-state index contributed by atoms with van der Waals surface area (Å²) in [6.45, 7) is 3.85. The number of nitrogen functional groups attached to an aromatic ring is 1. The molecule has 5 nitrogen and oxygen atoms in total. The number of aromatic nitrogens is 2. The molecule has 1 heterocycles. The molecular formula is C12H13ClN4O. The minimum atomic E-state index is -0.427. The number of carbonyl (C=O) groups excluding carboxylic acids is 1. The van der Waals surface area contributed by atoms with Crippen molar-refractivity contribution in [2.24, 2.45) is 5.84 Å². The molecule has 18 heavy (non-hydrogen) atoms. The number of aryl methyl sites for hydroxylation is 2. The number of halogens is 1. The molecule has 0 fully saturated rings. The van der Waals surface area contributed by atoms with Crippen LogP contribution in [0.3, 0.4) is 0 Å². The van der Waals surface area contributed by atoms with Crippen molar-refractivity contribution in [3.05, 3.63) is 46.2 Å². The molecule has 2 rings (SSSR count). The van der Waals surface area contributed by atoms with Crippen LogP contribution < -0.4 is 11.3 Å². The fraction of sp³-hybridized carbons (Fsp3) is 0.167. The zero-order valence-corrected chi connectivity index (χ0v) is 10.8. The van der Waals surface area contributed by atoms with E-state index in [1.807, 2.05) is 19.9 Å². The Balaban J connectivity index is 2.53. The van der Waals surface area contributed by atoms with Crippen molar-refractivity contribution in [3.63, 3.8) is 0 Å². The molecule has 0 aliphatic heterocycles. The maximum Gasteiger partial charge on any atom is 0.266 e. The van der Waals surface area contributed by atoms with Crippen LogP contribution in [0.15, 0.2) is 24.3 Å². The molecule has 94 valence electrons. The molecule has 0 saturated carbocycles. The van der Waals surface area contributed by atoms with Crippen LogP contribution in [-0.4, -0.2) is 15.7 Å². The number of nitrogens with zero attached hydrogens (tertiary/aromatic N) is 2. The fourth-order valence-corrected chi connectivity index (χ4v) is 1.99. The highest BCUT2D eigenvalue weighted by atomic mass is 35.5. The maximum absolute atomic E-state index is 11.6. The van der Waals surface area contributed by atoms with Crippen molar-refractivity contribution in [2.45, 2.75) is 13.8 Å². The third kappa shape index (κ3) is 2.23. The number of carbonyl (C=O) groups is 1. The van der Waals surface area contributed by atoms with Gasteiger partial charge in [-0.1, -0.05) is 11.6 Å². The van der Waals surface area contributed by atoms with Gasteiger partial charge in [-0.15, -0.1) is 0 Å². The summed E-state index contributed by atoms with van der Waals surface area (Å²) in [5.41, 5.74) is 5.05. The lowest BCUT2D eigenvalue weighted by atomic mass is 10.2. The first-order chi connectivity index (χ1) is 8.52. The molecule has 2 aromatic rings. The maximum atomic E-state index is 11.6. The third-order valence-electron chi connectivity index (χ3n) is 2.58. The molecule has 0 atom stereocenters. The lowest BCUT2D eigenvalue weighted by Crippen LogP contribution is -2.30. The quantitative estimate of drug-likeness (QED) is 0.493. The van der Waals surface area contributed by atoms with Gasteiger partial charge in [0.25, 0.3) is 5.91 Å². The number of nitrogens with two attached hydrogens (primary N) is 1. The lowest BCUT2D eigenvalue weighted by molar-refractivity contribution is 0.0954. The van der Waals surface area contributed by atoms with Gasteiger partial charge in [0, 0.05) is 5.69 Å². The average Bonchev–Trinajstić information content (AvgIpc) is 2.68. The van der Waals surface area contributed by atoms with E-state index in [-0.39, 0.29) is 0 Å². The molecule has 6 heteroatoms. The molecule has 1 aromatic heterocycles. The van der Waals surface area contributed by atoms with Crippen LogP contribution in [0.5, 0.6) is 0 Å². The van der Waals surface area contributed by atoms with Gasteiger partial charge in [0.05, 0.1) is 22.0 Å². The molecule has 3 N–H and O–H groups in total. The second kappa shape index (κ2) is 4.80. The van der Waals surface area contributed by atoms with Crippen molar-refractivity contribution in [2.75, 3.05) is 0 Å². The first-order valence-corrected chi connectivity index (χ1v) is 5.75. The predicted octanol–water partition coefficient (Wildman–Crippen LogP) is 1.75. The topological polar surface area (TPSA) is 72.9 Å². The number of benzene rings is 1. The fourth-order valence-electron chi connectivity index (χ4n) is 1.79. The molecule has 0 bridgehead atoms. The van der Waals surface area contributed by atoms with Gasteiger partial charge in [0.2, 0.25) is 0 Å². The molecule has 1 amide bonds. The highest BCUT2D eigenvalue weighted by molar-refractivity contribution is 6.33. The summed E-state index contributed by atoms with van der Waals surface area (Å²) < 4.78 is 1.75. The number of hydrazine groups is 1. The second-order valence-electron chi connectivity index (χ2n) is 3.98. The first kappa shape index (κ1) is 12.6. The molecule has 0 saturated heterocycles. The van der Waals surface area contributed by atoms with Crippen LogP contribution in [-0.2, 0) is 0 Å². The standard InChI is InChI=1S/C12H13ClN4O/c1-7-5-8(2)17(16-7)9-3-4-11(13)10(6-9)12(18)15-14/h3-6H,14H2,1-2H3,(H,15,18).